The molecule has 5 heteroatoms. The predicted molar refractivity (Wildman–Crippen MR) is 72.3 cm³/mol. The number of carbonyl (C=O) groups excluding carboxylic acids is 1. The summed E-state index contributed by atoms with van der Waals surface area (Å²) in [6, 6.07) is 0.311. The second-order valence-electron chi connectivity index (χ2n) is 5.86. The second kappa shape index (κ2) is 5.55. The van der Waals surface area contributed by atoms with Crippen LogP contribution in [0.3, 0.4) is 0 Å². The van der Waals surface area contributed by atoms with Gasteiger partial charge in [0.15, 0.2) is 0 Å². The van der Waals surface area contributed by atoms with Crippen molar-refractivity contribution in [2.45, 2.75) is 37.3 Å². The number of piperidine rings is 1. The number of amides is 1. The largest absolute Gasteiger partial charge is 0.368 e. The van der Waals surface area contributed by atoms with Crippen LogP contribution in [0.5, 0.6) is 0 Å². The van der Waals surface area contributed by atoms with Crippen molar-refractivity contribution in [3.63, 3.8) is 0 Å². The van der Waals surface area contributed by atoms with Crippen molar-refractivity contribution in [1.29, 1.82) is 0 Å². The molecule has 0 aromatic heterocycles. The Labute approximate surface area is 110 Å². The lowest BCUT2D eigenvalue weighted by molar-refractivity contribution is -0.125. The number of primary amides is 1. The molecule has 104 valence electrons. The third-order valence-corrected chi connectivity index (χ3v) is 4.42. The molecular formula is C13H26N4O. The monoisotopic (exact) mass is 254 g/mol. The van der Waals surface area contributed by atoms with Gasteiger partial charge in [-0.2, -0.15) is 0 Å². The van der Waals surface area contributed by atoms with E-state index in [9.17, 15) is 4.79 Å². The molecule has 0 radical (unpaired) electrons. The summed E-state index contributed by atoms with van der Waals surface area (Å²) in [5.41, 5.74) is 5.23. The molecule has 1 amide bonds. The summed E-state index contributed by atoms with van der Waals surface area (Å²) in [6.07, 6.45) is 4.42. The lowest BCUT2D eigenvalue weighted by Crippen LogP contribution is -2.64. The van der Waals surface area contributed by atoms with Crippen molar-refractivity contribution in [3.05, 3.63) is 0 Å². The van der Waals surface area contributed by atoms with Crippen LogP contribution in [0.2, 0.25) is 0 Å². The maximum absolute atomic E-state index is 12.0. The minimum absolute atomic E-state index is 0.171. The smallest absolute Gasteiger partial charge is 0.239 e. The van der Waals surface area contributed by atoms with Gasteiger partial charge in [0.1, 0.15) is 5.54 Å². The van der Waals surface area contributed by atoms with Gasteiger partial charge in [0.25, 0.3) is 0 Å². The molecule has 2 atom stereocenters. The zero-order chi connectivity index (χ0) is 13.2. The molecule has 0 aromatic carbocycles. The normalized spacial score (nSPS) is 32.7. The third-order valence-electron chi connectivity index (χ3n) is 4.42. The Morgan fingerprint density at radius 2 is 2.22 bits per heavy atom. The highest BCUT2D eigenvalue weighted by molar-refractivity contribution is 5.86. The standard InChI is InChI=1S/C13H26N4O/c1-16(2)10-7-15-13(12(14)18)6-9-17-8-4-3-5-11(13)17/h11,15H,3-10H2,1-2H3,(H2,14,18). The Morgan fingerprint density at radius 1 is 1.44 bits per heavy atom. The fourth-order valence-corrected chi connectivity index (χ4v) is 3.39. The molecule has 0 aliphatic carbocycles. The van der Waals surface area contributed by atoms with Gasteiger partial charge in [-0.05, 0) is 39.9 Å². The Bertz CT molecular complexity index is 307. The summed E-state index contributed by atoms with van der Waals surface area (Å²) in [5, 5.41) is 3.47. The van der Waals surface area contributed by atoms with Gasteiger partial charge in [-0.25, -0.2) is 0 Å². The van der Waals surface area contributed by atoms with Gasteiger partial charge in [-0.3, -0.25) is 9.69 Å². The highest BCUT2D eigenvalue weighted by Crippen LogP contribution is 2.34. The van der Waals surface area contributed by atoms with Crippen LogP contribution in [0, 0.1) is 0 Å². The third kappa shape index (κ3) is 2.53. The van der Waals surface area contributed by atoms with Crippen molar-refractivity contribution in [2.24, 2.45) is 5.73 Å². The predicted octanol–water partition coefficient (Wildman–Crippen LogP) is -0.380. The van der Waals surface area contributed by atoms with Gasteiger partial charge in [0.05, 0.1) is 0 Å². The zero-order valence-corrected chi connectivity index (χ0v) is 11.6. The van der Waals surface area contributed by atoms with Crippen molar-refractivity contribution < 1.29 is 4.79 Å². The number of carbonyl (C=O) groups is 1. The molecule has 2 rings (SSSR count). The van der Waals surface area contributed by atoms with E-state index in [1.165, 1.54) is 12.8 Å². The van der Waals surface area contributed by atoms with Crippen LogP contribution in [0.15, 0.2) is 0 Å². The summed E-state index contributed by atoms with van der Waals surface area (Å²) in [4.78, 5) is 16.5. The SMILES string of the molecule is CN(C)CCNC1(C(N)=O)CCN2CCCCC21. The van der Waals surface area contributed by atoms with Crippen LogP contribution >= 0.6 is 0 Å². The summed E-state index contributed by atoms with van der Waals surface area (Å²) >= 11 is 0. The first-order valence-corrected chi connectivity index (χ1v) is 7.00. The summed E-state index contributed by atoms with van der Waals surface area (Å²) < 4.78 is 0. The molecule has 2 fully saturated rings. The second-order valence-corrected chi connectivity index (χ2v) is 5.86. The van der Waals surface area contributed by atoms with E-state index in [1.54, 1.807) is 0 Å². The van der Waals surface area contributed by atoms with Crippen molar-refractivity contribution in [1.82, 2.24) is 15.1 Å². The van der Waals surface area contributed by atoms with Gasteiger partial charge in [-0.1, -0.05) is 6.42 Å². The average molecular weight is 254 g/mol. The fourth-order valence-electron chi connectivity index (χ4n) is 3.39. The van der Waals surface area contributed by atoms with Crippen LogP contribution in [0.25, 0.3) is 0 Å². The molecule has 2 unspecified atom stereocenters. The van der Waals surface area contributed by atoms with Crippen molar-refractivity contribution >= 4 is 5.91 Å². The first kappa shape index (κ1) is 13.8. The topological polar surface area (TPSA) is 61.6 Å². The minimum Gasteiger partial charge on any atom is -0.368 e. The Balaban J connectivity index is 2.04. The van der Waals surface area contributed by atoms with Crippen molar-refractivity contribution in [2.75, 3.05) is 40.3 Å². The van der Waals surface area contributed by atoms with Crippen LogP contribution in [-0.4, -0.2) is 67.6 Å². The van der Waals surface area contributed by atoms with E-state index in [2.05, 4.69) is 15.1 Å². The zero-order valence-electron chi connectivity index (χ0n) is 11.6. The molecule has 5 nitrogen and oxygen atoms in total. The first-order valence-electron chi connectivity index (χ1n) is 7.00. The maximum atomic E-state index is 12.0. The maximum Gasteiger partial charge on any atom is 0.239 e. The highest BCUT2D eigenvalue weighted by Gasteiger charge is 2.51. The summed E-state index contributed by atoms with van der Waals surface area (Å²) in [6.45, 7) is 3.87. The molecule has 2 heterocycles. The lowest BCUT2D eigenvalue weighted by atomic mass is 9.84. The molecule has 0 spiro atoms. The van der Waals surface area contributed by atoms with E-state index < -0.39 is 5.54 Å². The number of nitrogens with one attached hydrogen (secondary N) is 1. The van der Waals surface area contributed by atoms with Crippen LogP contribution in [0.4, 0.5) is 0 Å². The highest BCUT2D eigenvalue weighted by atomic mass is 16.1. The van der Waals surface area contributed by atoms with Crippen molar-refractivity contribution in [3.8, 4) is 0 Å². The molecule has 2 saturated heterocycles. The van der Waals surface area contributed by atoms with Crippen LogP contribution in [0.1, 0.15) is 25.7 Å². The van der Waals surface area contributed by atoms with E-state index in [4.69, 9.17) is 5.73 Å². The first-order chi connectivity index (χ1) is 8.56. The number of rotatable bonds is 5. The molecule has 2 aliphatic rings. The van der Waals surface area contributed by atoms with Gasteiger partial charge < -0.3 is 16.0 Å². The Kier molecular flexibility index (Phi) is 4.25. The van der Waals surface area contributed by atoms with Crippen LogP contribution in [-0.2, 0) is 4.79 Å². The average Bonchev–Trinajstić information content (AvgIpc) is 2.69. The number of likely N-dealkylation sites (N-methyl/N-ethyl adjacent to an activating group) is 1. The van der Waals surface area contributed by atoms with Gasteiger partial charge in [0.2, 0.25) is 5.91 Å². The molecule has 2 aliphatic heterocycles. The number of hydrogen-bond donors (Lipinski definition) is 2. The molecule has 18 heavy (non-hydrogen) atoms. The van der Waals surface area contributed by atoms with Crippen LogP contribution < -0.4 is 11.1 Å². The van der Waals surface area contributed by atoms with E-state index in [0.717, 1.165) is 39.0 Å². The van der Waals surface area contributed by atoms with Gasteiger partial charge >= 0.3 is 0 Å². The fraction of sp³-hybridized carbons (Fsp3) is 0.923. The molecular weight excluding hydrogens is 228 g/mol. The summed E-state index contributed by atoms with van der Waals surface area (Å²) in [7, 11) is 4.08. The number of hydrogen-bond acceptors (Lipinski definition) is 4. The number of fused-ring (bicyclic) bond motifs is 1. The molecule has 3 N–H and O–H groups in total. The Hall–Kier alpha value is -0.650. The van der Waals surface area contributed by atoms with E-state index in [0.29, 0.717) is 6.04 Å². The van der Waals surface area contributed by atoms with Gasteiger partial charge in [-0.15, -0.1) is 0 Å². The summed E-state index contributed by atoms with van der Waals surface area (Å²) in [5.74, 6) is -0.171. The molecule has 0 bridgehead atoms. The number of nitrogens with zero attached hydrogens (tertiary/aromatic N) is 2. The van der Waals surface area contributed by atoms with E-state index in [-0.39, 0.29) is 5.91 Å². The molecule has 0 aromatic rings. The Morgan fingerprint density at radius 3 is 2.89 bits per heavy atom. The number of nitrogens with two attached hydrogens (primary N) is 1. The van der Waals surface area contributed by atoms with E-state index in [1.807, 2.05) is 14.1 Å². The molecule has 0 saturated carbocycles. The van der Waals surface area contributed by atoms with Gasteiger partial charge in [0, 0.05) is 25.7 Å². The minimum atomic E-state index is -0.490. The van der Waals surface area contributed by atoms with E-state index >= 15 is 0 Å². The quantitative estimate of drug-likeness (QED) is 0.702. The lowest BCUT2D eigenvalue weighted by Gasteiger charge is -2.39.